The van der Waals surface area contributed by atoms with E-state index in [-0.39, 0.29) is 0 Å². The van der Waals surface area contributed by atoms with E-state index in [4.69, 9.17) is 10.5 Å². The molecule has 3 nitrogen and oxygen atoms in total. The Morgan fingerprint density at radius 2 is 2.00 bits per heavy atom. The molecule has 0 radical (unpaired) electrons. The van der Waals surface area contributed by atoms with E-state index in [9.17, 15) is 0 Å². The quantitative estimate of drug-likeness (QED) is 0.675. The fraction of sp³-hybridized carbons (Fsp3) is 0.211. The molecule has 3 aromatic rings. The molecule has 0 bridgehead atoms. The molecule has 118 valence electrons. The minimum Gasteiger partial charge on any atom is -0.493 e. The van der Waals surface area contributed by atoms with Gasteiger partial charge in [-0.25, -0.2) is 4.98 Å². The van der Waals surface area contributed by atoms with E-state index < -0.39 is 0 Å². The second-order valence-electron chi connectivity index (χ2n) is 5.35. The molecule has 2 N–H and O–H groups in total. The number of nitrogens with zero attached hydrogens (tertiary/aromatic N) is 1. The first-order chi connectivity index (χ1) is 11.2. The van der Waals surface area contributed by atoms with Crippen LogP contribution in [0, 0.1) is 0 Å². The number of nitrogens with two attached hydrogens (primary N) is 1. The van der Waals surface area contributed by atoms with Gasteiger partial charge in [0.25, 0.3) is 0 Å². The standard InChI is InChI=1S/C19H20N2OS/c1-2-14-5-3-8-17(11-14)22-10-9-19-21-18(13-23-19)15-6-4-7-16(20)12-15/h3-8,11-13H,2,9-10,20H2,1H3. The van der Waals surface area contributed by atoms with Crippen molar-refractivity contribution in [1.29, 1.82) is 0 Å². The third-order valence-electron chi connectivity index (χ3n) is 3.63. The molecule has 2 aromatic carbocycles. The maximum Gasteiger partial charge on any atom is 0.119 e. The topological polar surface area (TPSA) is 48.1 Å². The minimum absolute atomic E-state index is 0.636. The van der Waals surface area contributed by atoms with Gasteiger partial charge < -0.3 is 10.5 Å². The lowest BCUT2D eigenvalue weighted by Crippen LogP contribution is -2.01. The van der Waals surface area contributed by atoms with Crippen LogP contribution in [0.15, 0.2) is 53.9 Å². The van der Waals surface area contributed by atoms with Crippen molar-refractivity contribution in [2.24, 2.45) is 0 Å². The minimum atomic E-state index is 0.636. The monoisotopic (exact) mass is 324 g/mol. The van der Waals surface area contributed by atoms with Crippen LogP contribution in [-0.2, 0) is 12.8 Å². The molecule has 0 saturated carbocycles. The van der Waals surface area contributed by atoms with E-state index in [2.05, 4.69) is 29.4 Å². The van der Waals surface area contributed by atoms with E-state index in [0.29, 0.717) is 6.61 Å². The third kappa shape index (κ3) is 4.11. The number of hydrogen-bond acceptors (Lipinski definition) is 4. The first-order valence-corrected chi connectivity index (χ1v) is 8.64. The molecule has 0 fully saturated rings. The van der Waals surface area contributed by atoms with Crippen molar-refractivity contribution in [2.75, 3.05) is 12.3 Å². The summed E-state index contributed by atoms with van der Waals surface area (Å²) in [6.45, 7) is 2.78. The van der Waals surface area contributed by atoms with Gasteiger partial charge in [-0.1, -0.05) is 31.2 Å². The van der Waals surface area contributed by atoms with Crippen molar-refractivity contribution >= 4 is 17.0 Å². The molecule has 3 rings (SSSR count). The van der Waals surface area contributed by atoms with Gasteiger partial charge in [0.15, 0.2) is 0 Å². The lowest BCUT2D eigenvalue weighted by Gasteiger charge is -2.06. The van der Waals surface area contributed by atoms with Crippen molar-refractivity contribution < 1.29 is 4.74 Å². The number of hydrogen-bond donors (Lipinski definition) is 1. The molecule has 0 spiro atoms. The Bertz CT molecular complexity index is 782. The van der Waals surface area contributed by atoms with Crippen LogP contribution >= 0.6 is 11.3 Å². The van der Waals surface area contributed by atoms with Gasteiger partial charge in [-0.3, -0.25) is 0 Å². The van der Waals surface area contributed by atoms with E-state index in [1.165, 1.54) is 5.56 Å². The molecule has 0 aliphatic heterocycles. The Labute approximate surface area is 140 Å². The van der Waals surface area contributed by atoms with E-state index >= 15 is 0 Å². The van der Waals surface area contributed by atoms with Crippen LogP contribution in [0.25, 0.3) is 11.3 Å². The summed E-state index contributed by atoms with van der Waals surface area (Å²) in [4.78, 5) is 4.67. The summed E-state index contributed by atoms with van der Waals surface area (Å²) < 4.78 is 5.83. The predicted molar refractivity (Wildman–Crippen MR) is 97.0 cm³/mol. The summed E-state index contributed by atoms with van der Waals surface area (Å²) in [5, 5.41) is 3.15. The summed E-state index contributed by atoms with van der Waals surface area (Å²) in [5.41, 5.74) is 9.92. The first-order valence-electron chi connectivity index (χ1n) is 7.76. The average molecular weight is 324 g/mol. The Balaban J connectivity index is 1.59. The lowest BCUT2D eigenvalue weighted by molar-refractivity contribution is 0.321. The van der Waals surface area contributed by atoms with Crippen LogP contribution in [0.5, 0.6) is 5.75 Å². The van der Waals surface area contributed by atoms with Crippen molar-refractivity contribution in [2.45, 2.75) is 19.8 Å². The number of benzene rings is 2. The van der Waals surface area contributed by atoms with Crippen molar-refractivity contribution in [3.8, 4) is 17.0 Å². The summed E-state index contributed by atoms with van der Waals surface area (Å²) in [6, 6.07) is 16.1. The van der Waals surface area contributed by atoms with Crippen LogP contribution in [0.4, 0.5) is 5.69 Å². The zero-order chi connectivity index (χ0) is 16.1. The fourth-order valence-electron chi connectivity index (χ4n) is 2.37. The Morgan fingerprint density at radius 1 is 1.13 bits per heavy atom. The van der Waals surface area contributed by atoms with Crippen LogP contribution < -0.4 is 10.5 Å². The maximum atomic E-state index is 5.83. The molecule has 0 amide bonds. The number of rotatable bonds is 6. The number of anilines is 1. The van der Waals surface area contributed by atoms with Crippen molar-refractivity contribution in [3.05, 3.63) is 64.5 Å². The van der Waals surface area contributed by atoms with Crippen LogP contribution in [0.1, 0.15) is 17.5 Å². The van der Waals surface area contributed by atoms with Gasteiger partial charge in [-0.15, -0.1) is 11.3 Å². The van der Waals surface area contributed by atoms with Crippen molar-refractivity contribution in [1.82, 2.24) is 4.98 Å². The number of nitrogen functional groups attached to an aromatic ring is 1. The van der Waals surface area contributed by atoms with Gasteiger partial charge in [-0.2, -0.15) is 0 Å². The average Bonchev–Trinajstić information content (AvgIpc) is 3.04. The van der Waals surface area contributed by atoms with Gasteiger partial charge in [0, 0.05) is 23.1 Å². The fourth-order valence-corrected chi connectivity index (χ4v) is 3.16. The van der Waals surface area contributed by atoms with Gasteiger partial charge >= 0.3 is 0 Å². The molecule has 23 heavy (non-hydrogen) atoms. The Hall–Kier alpha value is -2.33. The molecular formula is C19H20N2OS. The molecule has 0 saturated heterocycles. The number of aryl methyl sites for hydroxylation is 1. The largest absolute Gasteiger partial charge is 0.493 e. The molecule has 0 aliphatic rings. The van der Waals surface area contributed by atoms with Crippen LogP contribution in [-0.4, -0.2) is 11.6 Å². The molecule has 4 heteroatoms. The summed E-state index contributed by atoms with van der Waals surface area (Å²) >= 11 is 1.66. The highest BCUT2D eigenvalue weighted by Gasteiger charge is 2.05. The number of ether oxygens (including phenoxy) is 1. The summed E-state index contributed by atoms with van der Waals surface area (Å²) in [5.74, 6) is 0.928. The molecule has 1 heterocycles. The SMILES string of the molecule is CCc1cccc(OCCc2nc(-c3cccc(N)c3)cs2)c1. The van der Waals surface area contributed by atoms with Gasteiger partial charge in [-0.05, 0) is 36.2 Å². The summed E-state index contributed by atoms with van der Waals surface area (Å²) in [6.07, 6.45) is 1.83. The second kappa shape index (κ2) is 7.29. The predicted octanol–water partition coefficient (Wildman–Crippen LogP) is 4.58. The zero-order valence-corrected chi connectivity index (χ0v) is 14.0. The zero-order valence-electron chi connectivity index (χ0n) is 13.2. The third-order valence-corrected chi connectivity index (χ3v) is 4.53. The van der Waals surface area contributed by atoms with Crippen LogP contribution in [0.2, 0.25) is 0 Å². The van der Waals surface area contributed by atoms with Crippen LogP contribution in [0.3, 0.4) is 0 Å². The van der Waals surface area contributed by atoms with E-state index in [1.54, 1.807) is 11.3 Å². The van der Waals surface area contributed by atoms with Crippen molar-refractivity contribution in [3.63, 3.8) is 0 Å². The van der Waals surface area contributed by atoms with E-state index in [1.807, 2.05) is 36.4 Å². The lowest BCUT2D eigenvalue weighted by atomic mass is 10.1. The number of thiazole rings is 1. The van der Waals surface area contributed by atoms with Gasteiger partial charge in [0.1, 0.15) is 5.75 Å². The maximum absolute atomic E-state index is 5.83. The smallest absolute Gasteiger partial charge is 0.119 e. The van der Waals surface area contributed by atoms with Gasteiger partial charge in [0.2, 0.25) is 0 Å². The molecular weight excluding hydrogens is 304 g/mol. The molecule has 0 atom stereocenters. The normalized spacial score (nSPS) is 10.7. The second-order valence-corrected chi connectivity index (χ2v) is 6.29. The Kier molecular flexibility index (Phi) is 4.93. The molecule has 1 aromatic heterocycles. The highest BCUT2D eigenvalue weighted by atomic mass is 32.1. The number of aromatic nitrogens is 1. The van der Waals surface area contributed by atoms with E-state index in [0.717, 1.165) is 40.5 Å². The highest BCUT2D eigenvalue weighted by Crippen LogP contribution is 2.24. The highest BCUT2D eigenvalue weighted by molar-refractivity contribution is 7.09. The summed E-state index contributed by atoms with van der Waals surface area (Å²) in [7, 11) is 0. The first kappa shape index (κ1) is 15.6. The molecule has 0 aliphatic carbocycles. The Morgan fingerprint density at radius 3 is 2.83 bits per heavy atom. The molecule has 0 unspecified atom stereocenters. The van der Waals surface area contributed by atoms with Gasteiger partial charge in [0.05, 0.1) is 17.3 Å².